The number of hydrogen-bond acceptors (Lipinski definition) is 4. The minimum Gasteiger partial charge on any atom is -0.308 e. The number of nitrogens with one attached hydrogen (secondary N) is 1. The lowest BCUT2D eigenvalue weighted by Gasteiger charge is -2.06. The third-order valence-corrected chi connectivity index (χ3v) is 3.14. The maximum atomic E-state index is 11.2. The molecule has 0 spiro atoms. The highest BCUT2D eigenvalue weighted by Gasteiger charge is 2.07. The van der Waals surface area contributed by atoms with Gasteiger partial charge in [-0.05, 0) is 31.2 Å². The Hall–Kier alpha value is -1.40. The summed E-state index contributed by atoms with van der Waals surface area (Å²) in [5, 5.41) is 0. The van der Waals surface area contributed by atoms with E-state index >= 15 is 0 Å². The van der Waals surface area contributed by atoms with E-state index in [1.54, 1.807) is 12.1 Å². The molecule has 5 nitrogen and oxygen atoms in total. The highest BCUT2D eigenvalue weighted by atomic mass is 32.2. The lowest BCUT2D eigenvalue weighted by molar-refractivity contribution is 0.602. The van der Waals surface area contributed by atoms with E-state index in [1.807, 2.05) is 6.92 Å². The Labute approximate surface area is 95.3 Å². The van der Waals surface area contributed by atoms with Crippen LogP contribution in [-0.2, 0) is 9.84 Å². The van der Waals surface area contributed by atoms with E-state index < -0.39 is 9.84 Å². The highest BCUT2D eigenvalue weighted by molar-refractivity contribution is 7.90. The van der Waals surface area contributed by atoms with Crippen LogP contribution in [0, 0.1) is 0 Å². The molecule has 16 heavy (non-hydrogen) atoms. The van der Waals surface area contributed by atoms with Gasteiger partial charge in [-0.15, -0.1) is 0 Å². The smallest absolute Gasteiger partial charge is 0.175 e. The van der Waals surface area contributed by atoms with Crippen LogP contribution in [0.4, 0.5) is 0 Å². The molecule has 0 fully saturated rings. The Morgan fingerprint density at radius 3 is 2.31 bits per heavy atom. The molecular weight excluding hydrogens is 226 g/mol. The molecule has 1 aromatic carbocycles. The van der Waals surface area contributed by atoms with E-state index in [9.17, 15) is 8.42 Å². The van der Waals surface area contributed by atoms with Gasteiger partial charge in [-0.2, -0.15) is 0 Å². The molecule has 3 N–H and O–H groups in total. The Morgan fingerprint density at radius 1 is 1.38 bits per heavy atom. The topological polar surface area (TPSA) is 84.5 Å². The largest absolute Gasteiger partial charge is 0.308 e. The molecule has 0 saturated carbocycles. The maximum absolute atomic E-state index is 11.2. The molecule has 0 amide bonds. The molecular formula is C10H15N3O2S. The van der Waals surface area contributed by atoms with E-state index in [2.05, 4.69) is 10.4 Å². The van der Waals surface area contributed by atoms with Gasteiger partial charge in [0.25, 0.3) is 0 Å². The van der Waals surface area contributed by atoms with Gasteiger partial charge in [0.15, 0.2) is 9.84 Å². The van der Waals surface area contributed by atoms with Gasteiger partial charge in [-0.1, -0.05) is 0 Å². The molecule has 1 rings (SSSR count). The average Bonchev–Trinajstić information content (AvgIpc) is 2.25. The summed E-state index contributed by atoms with van der Waals surface area (Å²) >= 11 is 0. The lowest BCUT2D eigenvalue weighted by Crippen LogP contribution is -2.31. The minimum absolute atomic E-state index is 0.282. The molecule has 0 bridgehead atoms. The van der Waals surface area contributed by atoms with Crippen molar-refractivity contribution in [3.05, 3.63) is 29.8 Å². The first-order valence-electron chi connectivity index (χ1n) is 4.80. The number of rotatable bonds is 3. The summed E-state index contributed by atoms with van der Waals surface area (Å²) in [6.07, 6.45) is 1.17. The van der Waals surface area contributed by atoms with Gasteiger partial charge in [-0.25, -0.2) is 14.3 Å². The zero-order chi connectivity index (χ0) is 12.2. The Morgan fingerprint density at radius 2 is 1.94 bits per heavy atom. The van der Waals surface area contributed by atoms with Gasteiger partial charge >= 0.3 is 0 Å². The van der Waals surface area contributed by atoms with Crippen LogP contribution in [0.3, 0.4) is 0 Å². The fourth-order valence-electron chi connectivity index (χ4n) is 1.24. The van der Waals surface area contributed by atoms with Crippen LogP contribution in [0.15, 0.2) is 34.2 Å². The Bertz CT molecular complexity index is 477. The van der Waals surface area contributed by atoms with Crippen LogP contribution in [0.1, 0.15) is 12.5 Å². The van der Waals surface area contributed by atoms with E-state index in [-0.39, 0.29) is 4.90 Å². The molecule has 0 radical (unpaired) electrons. The fourth-order valence-corrected chi connectivity index (χ4v) is 1.87. The molecule has 88 valence electrons. The second-order valence-corrected chi connectivity index (χ2v) is 5.28. The predicted molar refractivity (Wildman–Crippen MR) is 64.0 cm³/mol. The molecule has 0 unspecified atom stereocenters. The highest BCUT2D eigenvalue weighted by Crippen LogP contribution is 2.10. The summed E-state index contributed by atoms with van der Waals surface area (Å²) < 4.78 is 22.5. The lowest BCUT2D eigenvalue weighted by atomic mass is 10.2. The summed E-state index contributed by atoms with van der Waals surface area (Å²) in [7, 11) is -3.16. The average molecular weight is 241 g/mol. The molecule has 6 heteroatoms. The van der Waals surface area contributed by atoms with Crippen molar-refractivity contribution >= 4 is 15.7 Å². The first kappa shape index (κ1) is 12.7. The van der Waals surface area contributed by atoms with Gasteiger partial charge in [0.1, 0.15) is 5.84 Å². The van der Waals surface area contributed by atoms with Crippen molar-refractivity contribution in [2.75, 3.05) is 12.8 Å². The summed E-state index contributed by atoms with van der Waals surface area (Å²) in [6, 6.07) is 6.41. The molecule has 0 heterocycles. The summed E-state index contributed by atoms with van der Waals surface area (Å²) in [6.45, 7) is 2.50. The number of amidine groups is 1. The van der Waals surface area contributed by atoms with Gasteiger partial charge in [0.2, 0.25) is 0 Å². The van der Waals surface area contributed by atoms with Crippen molar-refractivity contribution in [2.45, 2.75) is 11.8 Å². The van der Waals surface area contributed by atoms with Crippen molar-refractivity contribution in [1.82, 2.24) is 5.43 Å². The Kier molecular flexibility index (Phi) is 4.03. The summed E-state index contributed by atoms with van der Waals surface area (Å²) in [5.41, 5.74) is 3.24. The number of aliphatic imine (C=N–C) groups is 1. The zero-order valence-electron chi connectivity index (χ0n) is 9.27. The standard InChI is InChI=1S/C10H15N3O2S/c1-3-12-10(13-11)8-4-6-9(7-5-8)16(2,14)15/h4-7H,3,11H2,1-2H3,(H,12,13). The van der Waals surface area contributed by atoms with Crippen molar-refractivity contribution in [3.63, 3.8) is 0 Å². The molecule has 0 aromatic heterocycles. The monoisotopic (exact) mass is 241 g/mol. The first-order valence-corrected chi connectivity index (χ1v) is 6.69. The van der Waals surface area contributed by atoms with Crippen LogP contribution in [-0.4, -0.2) is 27.1 Å². The Balaban J connectivity index is 3.08. The number of benzene rings is 1. The number of nitrogens with zero attached hydrogens (tertiary/aromatic N) is 1. The van der Waals surface area contributed by atoms with Gasteiger partial charge in [-0.3, -0.25) is 4.99 Å². The normalized spacial score (nSPS) is 12.6. The van der Waals surface area contributed by atoms with E-state index in [1.165, 1.54) is 18.4 Å². The van der Waals surface area contributed by atoms with E-state index in [0.29, 0.717) is 12.4 Å². The van der Waals surface area contributed by atoms with Gasteiger partial charge in [0.05, 0.1) is 4.90 Å². The molecule has 0 aliphatic heterocycles. The van der Waals surface area contributed by atoms with Crippen LogP contribution in [0.2, 0.25) is 0 Å². The second-order valence-electron chi connectivity index (χ2n) is 3.26. The number of hydrazine groups is 1. The van der Waals surface area contributed by atoms with Crippen molar-refractivity contribution in [2.24, 2.45) is 10.8 Å². The van der Waals surface area contributed by atoms with Crippen LogP contribution < -0.4 is 11.3 Å². The zero-order valence-corrected chi connectivity index (χ0v) is 10.1. The van der Waals surface area contributed by atoms with Crippen molar-refractivity contribution in [3.8, 4) is 0 Å². The second kappa shape index (κ2) is 5.09. The van der Waals surface area contributed by atoms with Crippen molar-refractivity contribution < 1.29 is 8.42 Å². The SMILES string of the molecule is CCN=C(NN)c1ccc(S(C)(=O)=O)cc1. The van der Waals surface area contributed by atoms with E-state index in [0.717, 1.165) is 5.56 Å². The minimum atomic E-state index is -3.16. The quantitative estimate of drug-likeness (QED) is 0.345. The van der Waals surface area contributed by atoms with Crippen molar-refractivity contribution in [1.29, 1.82) is 0 Å². The molecule has 0 aliphatic carbocycles. The third kappa shape index (κ3) is 3.04. The number of hydrogen-bond donors (Lipinski definition) is 2. The van der Waals surface area contributed by atoms with Crippen LogP contribution >= 0.6 is 0 Å². The first-order chi connectivity index (χ1) is 7.49. The number of nitrogens with two attached hydrogens (primary N) is 1. The third-order valence-electron chi connectivity index (χ3n) is 2.01. The van der Waals surface area contributed by atoms with Crippen LogP contribution in [0.5, 0.6) is 0 Å². The molecule has 0 atom stereocenters. The molecule has 1 aromatic rings. The maximum Gasteiger partial charge on any atom is 0.175 e. The van der Waals surface area contributed by atoms with E-state index in [4.69, 9.17) is 5.84 Å². The molecule has 0 saturated heterocycles. The number of sulfone groups is 1. The molecule has 0 aliphatic rings. The van der Waals surface area contributed by atoms with Gasteiger partial charge in [0, 0.05) is 18.4 Å². The predicted octanol–water partition coefficient (Wildman–Crippen LogP) is 0.320. The summed E-state index contributed by atoms with van der Waals surface area (Å²) in [4.78, 5) is 4.42. The van der Waals surface area contributed by atoms with Crippen LogP contribution in [0.25, 0.3) is 0 Å². The summed E-state index contributed by atoms with van der Waals surface area (Å²) in [5.74, 6) is 5.86. The van der Waals surface area contributed by atoms with Gasteiger partial charge < -0.3 is 5.43 Å². The fraction of sp³-hybridized carbons (Fsp3) is 0.300.